The number of nitrogens with one attached hydrogen (secondary N) is 1. The number of halogens is 4. The highest BCUT2D eigenvalue weighted by Gasteiger charge is 2.38. The first kappa shape index (κ1) is 17.5. The topological polar surface area (TPSA) is 24.9 Å². The minimum atomic E-state index is -4.61. The Morgan fingerprint density at radius 3 is 2.30 bits per heavy atom. The quantitative estimate of drug-likeness (QED) is 0.388. The second kappa shape index (κ2) is 6.66. The van der Waals surface area contributed by atoms with E-state index in [1.54, 1.807) is 6.07 Å². The molecule has 1 N–H and O–H groups in total. The largest absolute Gasteiger partial charge is 0.434 e. The van der Waals surface area contributed by atoms with Gasteiger partial charge < -0.3 is 5.32 Å². The number of rotatable bonds is 3. The molecule has 1 aromatic heterocycles. The molecule has 0 spiro atoms. The van der Waals surface area contributed by atoms with Crippen LogP contribution in [0.25, 0.3) is 21.2 Å². The average molecular weight is 388 g/mol. The summed E-state index contributed by atoms with van der Waals surface area (Å²) in [5.41, 5.74) is -0.0460. The Hall–Kier alpha value is -2.93. The van der Waals surface area contributed by atoms with Crippen LogP contribution in [0.5, 0.6) is 0 Å². The number of benzene rings is 3. The number of alkyl halides is 3. The SMILES string of the molecule is Fc1ccc(-c2sc(Nc3cccc4ccccc34)nc2C(F)(F)F)cc1. The lowest BCUT2D eigenvalue weighted by Gasteiger charge is -2.07. The van der Waals surface area contributed by atoms with Gasteiger partial charge in [-0.1, -0.05) is 59.9 Å². The lowest BCUT2D eigenvalue weighted by atomic mass is 10.1. The summed E-state index contributed by atoms with van der Waals surface area (Å²) in [6.45, 7) is 0. The number of hydrogen-bond acceptors (Lipinski definition) is 3. The van der Waals surface area contributed by atoms with E-state index in [2.05, 4.69) is 10.3 Å². The lowest BCUT2D eigenvalue weighted by Crippen LogP contribution is -2.07. The van der Waals surface area contributed by atoms with Crippen LogP contribution in [-0.4, -0.2) is 4.98 Å². The highest BCUT2D eigenvalue weighted by Crippen LogP contribution is 2.43. The minimum absolute atomic E-state index is 0.0507. The van der Waals surface area contributed by atoms with E-state index in [-0.39, 0.29) is 15.6 Å². The molecular weight excluding hydrogens is 376 g/mol. The second-order valence-electron chi connectivity index (χ2n) is 5.85. The number of anilines is 2. The van der Waals surface area contributed by atoms with Crippen molar-refractivity contribution in [2.45, 2.75) is 6.18 Å². The van der Waals surface area contributed by atoms with Crippen LogP contribution in [0.1, 0.15) is 5.69 Å². The maximum atomic E-state index is 13.5. The van der Waals surface area contributed by atoms with Crippen molar-refractivity contribution in [3.05, 3.63) is 78.2 Å². The van der Waals surface area contributed by atoms with Gasteiger partial charge in [-0.25, -0.2) is 9.37 Å². The summed E-state index contributed by atoms with van der Waals surface area (Å²) < 4.78 is 53.5. The molecule has 7 heteroatoms. The second-order valence-corrected chi connectivity index (χ2v) is 6.85. The molecule has 0 fully saturated rings. The highest BCUT2D eigenvalue weighted by molar-refractivity contribution is 7.19. The van der Waals surface area contributed by atoms with Crippen LogP contribution in [0, 0.1) is 5.82 Å². The van der Waals surface area contributed by atoms with Crippen molar-refractivity contribution in [1.82, 2.24) is 4.98 Å². The number of nitrogens with zero attached hydrogens (tertiary/aromatic N) is 1. The van der Waals surface area contributed by atoms with Gasteiger partial charge in [-0.2, -0.15) is 13.2 Å². The normalized spacial score (nSPS) is 11.7. The summed E-state index contributed by atoms with van der Waals surface area (Å²) in [6, 6.07) is 18.0. The average Bonchev–Trinajstić information content (AvgIpc) is 3.07. The first-order valence-corrected chi connectivity index (χ1v) is 8.82. The molecule has 0 saturated carbocycles. The molecule has 0 aliphatic heterocycles. The van der Waals surface area contributed by atoms with Gasteiger partial charge in [0.25, 0.3) is 0 Å². The summed E-state index contributed by atoms with van der Waals surface area (Å²) in [4.78, 5) is 3.72. The fourth-order valence-corrected chi connectivity index (χ4v) is 3.82. The van der Waals surface area contributed by atoms with E-state index in [1.165, 1.54) is 12.1 Å². The van der Waals surface area contributed by atoms with E-state index in [0.29, 0.717) is 5.69 Å². The van der Waals surface area contributed by atoms with E-state index in [9.17, 15) is 17.6 Å². The van der Waals surface area contributed by atoms with Gasteiger partial charge in [0.05, 0.1) is 4.88 Å². The van der Waals surface area contributed by atoms with Crippen molar-refractivity contribution < 1.29 is 17.6 Å². The van der Waals surface area contributed by atoms with Crippen LogP contribution in [0.2, 0.25) is 0 Å². The van der Waals surface area contributed by atoms with Crippen LogP contribution >= 0.6 is 11.3 Å². The Kier molecular flexibility index (Phi) is 4.31. The number of fused-ring (bicyclic) bond motifs is 1. The highest BCUT2D eigenvalue weighted by atomic mass is 32.1. The molecule has 4 rings (SSSR count). The van der Waals surface area contributed by atoms with Crippen LogP contribution in [0.15, 0.2) is 66.7 Å². The zero-order chi connectivity index (χ0) is 19.0. The first-order chi connectivity index (χ1) is 12.9. The molecule has 4 aromatic rings. The first-order valence-electron chi connectivity index (χ1n) is 8.00. The Morgan fingerprint density at radius 2 is 1.56 bits per heavy atom. The molecule has 3 aromatic carbocycles. The van der Waals surface area contributed by atoms with E-state index in [1.807, 2.05) is 36.4 Å². The predicted molar refractivity (Wildman–Crippen MR) is 99.7 cm³/mol. The third kappa shape index (κ3) is 3.50. The molecule has 0 saturated heterocycles. The summed E-state index contributed by atoms with van der Waals surface area (Å²) in [6.07, 6.45) is -4.61. The molecule has 27 heavy (non-hydrogen) atoms. The third-order valence-corrected chi connectivity index (χ3v) is 5.05. The maximum Gasteiger partial charge on any atom is 0.434 e. The van der Waals surface area contributed by atoms with Crippen molar-refractivity contribution in [3.8, 4) is 10.4 Å². The van der Waals surface area contributed by atoms with Crippen molar-refractivity contribution in [2.75, 3.05) is 5.32 Å². The Morgan fingerprint density at radius 1 is 0.852 bits per heavy atom. The summed E-state index contributed by atoms with van der Waals surface area (Å²) >= 11 is 0.884. The minimum Gasteiger partial charge on any atom is -0.331 e. The van der Waals surface area contributed by atoms with Gasteiger partial charge >= 0.3 is 6.18 Å². The van der Waals surface area contributed by atoms with Crippen LogP contribution in [0.3, 0.4) is 0 Å². The maximum absolute atomic E-state index is 13.5. The summed E-state index contributed by atoms with van der Waals surface area (Å²) in [5.74, 6) is -0.508. The standard InChI is InChI=1S/C20H12F4N2S/c21-14-10-8-13(9-11-14)17-18(20(22,23)24)26-19(27-17)25-16-7-3-5-12-4-1-2-6-15(12)16/h1-11H,(H,25,26). The monoisotopic (exact) mass is 388 g/mol. The van der Waals surface area contributed by atoms with Gasteiger partial charge in [0, 0.05) is 11.1 Å². The van der Waals surface area contributed by atoms with Gasteiger partial charge in [-0.05, 0) is 29.1 Å². The zero-order valence-electron chi connectivity index (χ0n) is 13.7. The molecule has 0 aliphatic rings. The van der Waals surface area contributed by atoms with Crippen LogP contribution < -0.4 is 5.32 Å². The van der Waals surface area contributed by atoms with Crippen molar-refractivity contribution in [3.63, 3.8) is 0 Å². The van der Waals surface area contributed by atoms with Gasteiger partial charge in [0.15, 0.2) is 10.8 Å². The fourth-order valence-electron chi connectivity index (χ4n) is 2.81. The predicted octanol–water partition coefficient (Wildman–Crippen LogP) is 6.86. The van der Waals surface area contributed by atoms with Crippen molar-refractivity contribution in [1.29, 1.82) is 0 Å². The Bertz CT molecular complexity index is 1100. The van der Waals surface area contributed by atoms with E-state index >= 15 is 0 Å². The fraction of sp³-hybridized carbons (Fsp3) is 0.0500. The van der Waals surface area contributed by atoms with E-state index in [0.717, 1.165) is 34.2 Å². The zero-order valence-corrected chi connectivity index (χ0v) is 14.5. The van der Waals surface area contributed by atoms with Crippen molar-refractivity contribution >= 4 is 32.9 Å². The molecule has 0 amide bonds. The molecule has 0 bridgehead atoms. The van der Waals surface area contributed by atoms with E-state index < -0.39 is 17.7 Å². The lowest BCUT2D eigenvalue weighted by molar-refractivity contribution is -0.140. The van der Waals surface area contributed by atoms with E-state index in [4.69, 9.17) is 0 Å². The van der Waals surface area contributed by atoms with Crippen molar-refractivity contribution in [2.24, 2.45) is 0 Å². The van der Waals surface area contributed by atoms with Crippen LogP contribution in [-0.2, 0) is 6.18 Å². The smallest absolute Gasteiger partial charge is 0.331 e. The van der Waals surface area contributed by atoms with Gasteiger partial charge in [0.1, 0.15) is 5.82 Å². The molecule has 1 heterocycles. The Labute approximate surface area is 156 Å². The van der Waals surface area contributed by atoms with Gasteiger partial charge in [0.2, 0.25) is 0 Å². The molecule has 2 nitrogen and oxygen atoms in total. The number of hydrogen-bond donors (Lipinski definition) is 1. The molecule has 0 aliphatic carbocycles. The van der Waals surface area contributed by atoms with Gasteiger partial charge in [-0.15, -0.1) is 0 Å². The molecule has 136 valence electrons. The van der Waals surface area contributed by atoms with Crippen LogP contribution in [0.4, 0.5) is 28.4 Å². The number of thiazole rings is 1. The number of aromatic nitrogens is 1. The summed E-state index contributed by atoms with van der Waals surface area (Å²) in [7, 11) is 0. The Balaban J connectivity index is 1.79. The van der Waals surface area contributed by atoms with Gasteiger partial charge in [-0.3, -0.25) is 0 Å². The molecule has 0 atom stereocenters. The molecule has 0 unspecified atom stereocenters. The third-order valence-electron chi connectivity index (χ3n) is 4.03. The molecular formula is C20H12F4N2S. The summed E-state index contributed by atoms with van der Waals surface area (Å²) in [5, 5.41) is 4.97. The molecule has 0 radical (unpaired) electrons.